The van der Waals surface area contributed by atoms with Crippen LogP contribution in [0.2, 0.25) is 10.0 Å². The van der Waals surface area contributed by atoms with Crippen molar-refractivity contribution in [2.45, 2.75) is 17.7 Å². The van der Waals surface area contributed by atoms with E-state index < -0.39 is 9.84 Å². The summed E-state index contributed by atoms with van der Waals surface area (Å²) in [5, 5.41) is 0.599. The van der Waals surface area contributed by atoms with Crippen molar-refractivity contribution in [2.24, 2.45) is 0 Å². The molecule has 0 aliphatic carbocycles. The third-order valence-corrected chi connectivity index (χ3v) is 6.29. The van der Waals surface area contributed by atoms with Crippen molar-refractivity contribution in [1.82, 2.24) is 4.98 Å². The zero-order chi connectivity index (χ0) is 20.0. The number of hydrogen-bond acceptors (Lipinski definition) is 4. The number of pyridine rings is 1. The maximum atomic E-state index is 12.4. The smallest absolute Gasteiger partial charge is 0.178 e. The van der Waals surface area contributed by atoms with Crippen LogP contribution >= 0.6 is 23.2 Å². The van der Waals surface area contributed by atoms with Crippen LogP contribution in [0, 0.1) is 0 Å². The Labute approximate surface area is 175 Å². The van der Waals surface area contributed by atoms with Crippen molar-refractivity contribution >= 4 is 33.0 Å². The molecule has 146 valence electrons. The Morgan fingerprint density at radius 2 is 1.64 bits per heavy atom. The molecule has 0 saturated heterocycles. The molecule has 1 aromatic heterocycles. The van der Waals surface area contributed by atoms with Crippen LogP contribution in [0.3, 0.4) is 0 Å². The van der Waals surface area contributed by atoms with Crippen LogP contribution in [0.5, 0.6) is 5.75 Å². The van der Waals surface area contributed by atoms with Crippen LogP contribution in [0.15, 0.2) is 71.9 Å². The van der Waals surface area contributed by atoms with E-state index in [9.17, 15) is 8.42 Å². The lowest BCUT2D eigenvalue weighted by molar-refractivity contribution is 0.317. The standard InChI is InChI=1S/C21H19Cl2NO3S/c22-18-12-19(23)14-21(13-18)28(25,26)10-2-9-27-20-6-4-16(5-7-20)11-17-3-1-8-24-15-17/h1,3-8,12-15H,2,9-11H2. The molecule has 3 rings (SSSR count). The Morgan fingerprint density at radius 3 is 2.29 bits per heavy atom. The fourth-order valence-corrected chi connectivity index (χ4v) is 4.71. The number of benzene rings is 2. The second kappa shape index (κ2) is 9.41. The van der Waals surface area contributed by atoms with Gasteiger partial charge in [0, 0.05) is 22.4 Å². The molecule has 0 aliphatic heterocycles. The highest BCUT2D eigenvalue weighted by Crippen LogP contribution is 2.23. The van der Waals surface area contributed by atoms with E-state index in [0.717, 1.165) is 17.5 Å². The second-order valence-electron chi connectivity index (χ2n) is 6.31. The largest absolute Gasteiger partial charge is 0.494 e. The molecule has 0 fully saturated rings. The van der Waals surface area contributed by atoms with Crippen LogP contribution in [-0.4, -0.2) is 25.8 Å². The first-order valence-electron chi connectivity index (χ1n) is 8.72. The van der Waals surface area contributed by atoms with Crippen LogP contribution in [0.1, 0.15) is 17.5 Å². The van der Waals surface area contributed by atoms with Crippen molar-refractivity contribution in [3.8, 4) is 5.75 Å². The van der Waals surface area contributed by atoms with Gasteiger partial charge in [-0.15, -0.1) is 0 Å². The molecular formula is C21H19Cl2NO3S. The van der Waals surface area contributed by atoms with Gasteiger partial charge in [-0.2, -0.15) is 0 Å². The maximum absolute atomic E-state index is 12.4. The minimum absolute atomic E-state index is 0.0389. The molecule has 0 bridgehead atoms. The van der Waals surface area contributed by atoms with Crippen molar-refractivity contribution in [2.75, 3.05) is 12.4 Å². The molecule has 4 nitrogen and oxygen atoms in total. The van der Waals surface area contributed by atoms with Crippen LogP contribution < -0.4 is 4.74 Å². The van der Waals surface area contributed by atoms with E-state index in [1.807, 2.05) is 42.6 Å². The first-order chi connectivity index (χ1) is 13.4. The summed E-state index contributed by atoms with van der Waals surface area (Å²) >= 11 is 11.8. The summed E-state index contributed by atoms with van der Waals surface area (Å²) in [6, 6.07) is 16.0. The van der Waals surface area contributed by atoms with Crippen molar-refractivity contribution < 1.29 is 13.2 Å². The van der Waals surface area contributed by atoms with E-state index in [1.54, 1.807) is 6.20 Å². The van der Waals surface area contributed by atoms with Gasteiger partial charge in [0.2, 0.25) is 0 Å². The van der Waals surface area contributed by atoms with Gasteiger partial charge in [0.15, 0.2) is 9.84 Å². The van der Waals surface area contributed by atoms with E-state index in [-0.39, 0.29) is 10.6 Å². The van der Waals surface area contributed by atoms with Gasteiger partial charge < -0.3 is 4.74 Å². The fourth-order valence-electron chi connectivity index (χ4n) is 2.71. The van der Waals surface area contributed by atoms with Crippen LogP contribution in [0.25, 0.3) is 0 Å². The Hall–Kier alpha value is -2.08. The van der Waals surface area contributed by atoms with Crippen LogP contribution in [-0.2, 0) is 16.3 Å². The molecule has 0 N–H and O–H groups in total. The highest BCUT2D eigenvalue weighted by molar-refractivity contribution is 7.91. The van der Waals surface area contributed by atoms with E-state index >= 15 is 0 Å². The van der Waals surface area contributed by atoms with E-state index in [0.29, 0.717) is 28.8 Å². The Balaban J connectivity index is 1.49. The van der Waals surface area contributed by atoms with Gasteiger partial charge in [-0.05, 0) is 60.4 Å². The normalized spacial score (nSPS) is 11.4. The SMILES string of the molecule is O=S(=O)(CCCOc1ccc(Cc2cccnc2)cc1)c1cc(Cl)cc(Cl)c1. The van der Waals surface area contributed by atoms with Gasteiger partial charge in [0.1, 0.15) is 5.75 Å². The lowest BCUT2D eigenvalue weighted by Crippen LogP contribution is -2.10. The average Bonchev–Trinajstić information content (AvgIpc) is 2.67. The van der Waals surface area contributed by atoms with E-state index in [4.69, 9.17) is 27.9 Å². The molecule has 3 aromatic rings. The second-order valence-corrected chi connectivity index (χ2v) is 9.29. The monoisotopic (exact) mass is 435 g/mol. The molecule has 0 spiro atoms. The third-order valence-electron chi connectivity index (χ3n) is 4.08. The predicted octanol–water partition coefficient (Wildman–Crippen LogP) is 5.22. The Kier molecular flexibility index (Phi) is 6.94. The van der Waals surface area contributed by atoms with Crippen molar-refractivity contribution in [3.63, 3.8) is 0 Å². The highest BCUT2D eigenvalue weighted by atomic mass is 35.5. The molecule has 28 heavy (non-hydrogen) atoms. The van der Waals surface area contributed by atoms with Gasteiger partial charge in [0.05, 0.1) is 17.3 Å². The molecule has 0 amide bonds. The molecule has 0 unspecified atom stereocenters. The number of halogens is 2. The highest BCUT2D eigenvalue weighted by Gasteiger charge is 2.15. The average molecular weight is 436 g/mol. The summed E-state index contributed by atoms with van der Waals surface area (Å²) in [6.07, 6.45) is 4.76. The number of sulfone groups is 1. The lowest BCUT2D eigenvalue weighted by Gasteiger charge is -2.09. The molecule has 0 atom stereocenters. The molecule has 1 heterocycles. The lowest BCUT2D eigenvalue weighted by atomic mass is 10.1. The fraction of sp³-hybridized carbons (Fsp3) is 0.190. The predicted molar refractivity (Wildman–Crippen MR) is 112 cm³/mol. The van der Waals surface area contributed by atoms with Gasteiger partial charge in [-0.1, -0.05) is 41.4 Å². The quantitative estimate of drug-likeness (QED) is 0.454. The first-order valence-corrected chi connectivity index (χ1v) is 11.1. The summed E-state index contributed by atoms with van der Waals surface area (Å²) < 4.78 is 30.4. The molecule has 7 heteroatoms. The molecule has 0 aliphatic rings. The van der Waals surface area contributed by atoms with Gasteiger partial charge >= 0.3 is 0 Å². The summed E-state index contributed by atoms with van der Waals surface area (Å²) in [6.45, 7) is 0.301. The van der Waals surface area contributed by atoms with Gasteiger partial charge in [-0.25, -0.2) is 8.42 Å². The molecular weight excluding hydrogens is 417 g/mol. The first kappa shape index (κ1) is 20.6. The van der Waals surface area contributed by atoms with Crippen molar-refractivity contribution in [1.29, 1.82) is 0 Å². The summed E-state index contributed by atoms with van der Waals surface area (Å²) in [5.41, 5.74) is 2.29. The third kappa shape index (κ3) is 5.96. The number of rotatable bonds is 8. The van der Waals surface area contributed by atoms with Crippen molar-refractivity contribution in [3.05, 3.63) is 88.2 Å². The van der Waals surface area contributed by atoms with Crippen LogP contribution in [0.4, 0.5) is 0 Å². The minimum Gasteiger partial charge on any atom is -0.494 e. The van der Waals surface area contributed by atoms with Gasteiger partial charge in [-0.3, -0.25) is 4.98 Å². The van der Waals surface area contributed by atoms with E-state index in [1.165, 1.54) is 18.2 Å². The summed E-state index contributed by atoms with van der Waals surface area (Å²) in [5.74, 6) is 0.668. The number of nitrogens with zero attached hydrogens (tertiary/aromatic N) is 1. The number of aromatic nitrogens is 1. The van der Waals surface area contributed by atoms with Gasteiger partial charge in [0.25, 0.3) is 0 Å². The number of hydrogen-bond donors (Lipinski definition) is 0. The summed E-state index contributed by atoms with van der Waals surface area (Å²) in [4.78, 5) is 4.24. The Bertz CT molecular complexity index is 1000. The Morgan fingerprint density at radius 1 is 0.929 bits per heavy atom. The molecule has 2 aromatic carbocycles. The zero-order valence-electron chi connectivity index (χ0n) is 15.0. The molecule has 0 radical (unpaired) electrons. The zero-order valence-corrected chi connectivity index (χ0v) is 17.3. The minimum atomic E-state index is -3.46. The topological polar surface area (TPSA) is 56.3 Å². The molecule has 0 saturated carbocycles. The maximum Gasteiger partial charge on any atom is 0.178 e. The van der Waals surface area contributed by atoms with E-state index in [2.05, 4.69) is 4.98 Å². The summed E-state index contributed by atoms with van der Waals surface area (Å²) in [7, 11) is -3.46. The number of ether oxygens (including phenoxy) is 1.